The number of aliphatic hydroxyl groups excluding tert-OH is 1. The molecule has 0 spiro atoms. The van der Waals surface area contributed by atoms with Gasteiger partial charge in [0.1, 0.15) is 12.5 Å². The molecule has 0 aliphatic heterocycles. The molecule has 0 aromatic rings. The molecule has 0 fully saturated rings. The van der Waals surface area contributed by atoms with Gasteiger partial charge in [-0.2, -0.15) is 0 Å². The highest BCUT2D eigenvalue weighted by molar-refractivity contribution is 5.48. The topological polar surface area (TPSA) is 49.3 Å². The van der Waals surface area contributed by atoms with E-state index in [2.05, 4.69) is 12.2 Å². The van der Waals surface area contributed by atoms with Gasteiger partial charge in [-0.05, 0) is 32.2 Å². The number of rotatable bonds is 9. The van der Waals surface area contributed by atoms with Crippen molar-refractivity contribution in [3.63, 3.8) is 0 Å². The summed E-state index contributed by atoms with van der Waals surface area (Å²) in [5.74, 6) is 0. The fourth-order valence-corrected chi connectivity index (χ4v) is 1.12. The average Bonchev–Trinajstić information content (AvgIpc) is 2.14. The second-order valence-electron chi connectivity index (χ2n) is 3.27. The summed E-state index contributed by atoms with van der Waals surface area (Å²) < 4.78 is 0. The molecule has 0 saturated heterocycles. The predicted molar refractivity (Wildman–Crippen MR) is 53.4 cm³/mol. The molecule has 3 nitrogen and oxygen atoms in total. The number of hydrogen-bond acceptors (Lipinski definition) is 3. The highest BCUT2D eigenvalue weighted by atomic mass is 16.3. The van der Waals surface area contributed by atoms with Crippen LogP contribution in [0.1, 0.15) is 45.4 Å². The zero-order valence-corrected chi connectivity index (χ0v) is 8.46. The Hall–Kier alpha value is -0.410. The lowest BCUT2D eigenvalue weighted by atomic mass is 10.2. The van der Waals surface area contributed by atoms with Crippen molar-refractivity contribution >= 4 is 6.29 Å². The molecular weight excluding hydrogens is 166 g/mol. The van der Waals surface area contributed by atoms with Gasteiger partial charge in [0.15, 0.2) is 0 Å². The van der Waals surface area contributed by atoms with Crippen molar-refractivity contribution in [3.05, 3.63) is 0 Å². The Labute approximate surface area is 80.5 Å². The number of nitrogens with one attached hydrogen (secondary N) is 1. The fraction of sp³-hybridized carbons (Fsp3) is 0.900. The summed E-state index contributed by atoms with van der Waals surface area (Å²) in [7, 11) is 0. The Morgan fingerprint density at radius 1 is 1.38 bits per heavy atom. The molecular formula is C10H21NO2. The lowest BCUT2D eigenvalue weighted by Crippen LogP contribution is -2.29. The first-order valence-corrected chi connectivity index (χ1v) is 5.16. The van der Waals surface area contributed by atoms with E-state index < -0.39 is 0 Å². The third-order valence-corrected chi connectivity index (χ3v) is 1.96. The van der Waals surface area contributed by atoms with E-state index in [0.717, 1.165) is 44.9 Å². The quantitative estimate of drug-likeness (QED) is 0.326. The van der Waals surface area contributed by atoms with Crippen LogP contribution in [0.3, 0.4) is 0 Å². The van der Waals surface area contributed by atoms with Crippen molar-refractivity contribution in [2.45, 2.75) is 51.7 Å². The smallest absolute Gasteiger partial charge is 0.119 e. The Balaban J connectivity index is 3.07. The Bertz CT molecular complexity index is 117. The van der Waals surface area contributed by atoms with E-state index in [1.807, 2.05) is 0 Å². The molecule has 1 atom stereocenters. The highest BCUT2D eigenvalue weighted by Gasteiger charge is 2.00. The third kappa shape index (κ3) is 9.50. The molecule has 0 unspecified atom stereocenters. The van der Waals surface area contributed by atoms with Crippen molar-refractivity contribution in [2.24, 2.45) is 0 Å². The van der Waals surface area contributed by atoms with Gasteiger partial charge < -0.3 is 9.90 Å². The number of carbonyl (C=O) groups excluding carboxylic acids is 1. The van der Waals surface area contributed by atoms with Gasteiger partial charge in [-0.3, -0.25) is 5.32 Å². The van der Waals surface area contributed by atoms with Crippen LogP contribution in [0, 0.1) is 0 Å². The summed E-state index contributed by atoms with van der Waals surface area (Å²) in [6.45, 7) is 2.91. The average molecular weight is 187 g/mol. The fourth-order valence-electron chi connectivity index (χ4n) is 1.12. The van der Waals surface area contributed by atoms with Crippen LogP contribution >= 0.6 is 0 Å². The van der Waals surface area contributed by atoms with Crippen molar-refractivity contribution < 1.29 is 9.90 Å². The monoisotopic (exact) mass is 187 g/mol. The van der Waals surface area contributed by atoms with Crippen LogP contribution in [0.15, 0.2) is 0 Å². The van der Waals surface area contributed by atoms with Crippen molar-refractivity contribution in [1.82, 2.24) is 5.32 Å². The van der Waals surface area contributed by atoms with E-state index in [0.29, 0.717) is 6.42 Å². The van der Waals surface area contributed by atoms with Gasteiger partial charge in [0.2, 0.25) is 0 Å². The van der Waals surface area contributed by atoms with Gasteiger partial charge in [-0.15, -0.1) is 0 Å². The second kappa shape index (κ2) is 9.68. The van der Waals surface area contributed by atoms with Crippen molar-refractivity contribution in [1.29, 1.82) is 0 Å². The molecule has 0 aromatic heterocycles. The van der Waals surface area contributed by atoms with Crippen LogP contribution < -0.4 is 5.32 Å². The molecule has 0 rings (SSSR count). The molecule has 0 aromatic carbocycles. The summed E-state index contributed by atoms with van der Waals surface area (Å²) in [4.78, 5) is 9.97. The molecule has 0 radical (unpaired) electrons. The molecule has 78 valence electrons. The van der Waals surface area contributed by atoms with Crippen LogP contribution in [0.25, 0.3) is 0 Å². The minimum absolute atomic E-state index is 0.365. The highest BCUT2D eigenvalue weighted by Crippen LogP contribution is 1.98. The maximum atomic E-state index is 9.97. The summed E-state index contributed by atoms with van der Waals surface area (Å²) in [5.41, 5.74) is 0. The summed E-state index contributed by atoms with van der Waals surface area (Å²) in [6.07, 6.45) is 6.08. The molecule has 0 heterocycles. The SMILES string of the molecule is CCCC[C@@H](O)NCCCCC=O. The van der Waals surface area contributed by atoms with Gasteiger partial charge in [0.25, 0.3) is 0 Å². The molecule has 0 amide bonds. The lowest BCUT2D eigenvalue weighted by molar-refractivity contribution is -0.107. The molecule has 0 aliphatic carbocycles. The van der Waals surface area contributed by atoms with Crippen molar-refractivity contribution in [2.75, 3.05) is 6.54 Å². The standard InChI is InChI=1S/C10H21NO2/c1-2-3-7-10(13)11-8-5-4-6-9-12/h9-11,13H,2-8H2,1H3/t10-/m1/s1. The maximum Gasteiger partial charge on any atom is 0.119 e. The lowest BCUT2D eigenvalue weighted by Gasteiger charge is -2.11. The van der Waals surface area contributed by atoms with Gasteiger partial charge in [0, 0.05) is 6.42 Å². The molecule has 13 heavy (non-hydrogen) atoms. The first-order valence-electron chi connectivity index (χ1n) is 5.16. The van der Waals surface area contributed by atoms with E-state index in [1.165, 1.54) is 0 Å². The minimum atomic E-state index is -0.365. The molecule has 2 N–H and O–H groups in total. The van der Waals surface area contributed by atoms with Gasteiger partial charge in [-0.1, -0.05) is 13.3 Å². The Morgan fingerprint density at radius 2 is 2.15 bits per heavy atom. The minimum Gasteiger partial charge on any atom is -0.379 e. The number of unbranched alkanes of at least 4 members (excludes halogenated alkanes) is 3. The van der Waals surface area contributed by atoms with Gasteiger partial charge >= 0.3 is 0 Å². The van der Waals surface area contributed by atoms with E-state index in [1.54, 1.807) is 0 Å². The van der Waals surface area contributed by atoms with Crippen LogP contribution in [0.4, 0.5) is 0 Å². The zero-order valence-electron chi connectivity index (χ0n) is 8.46. The predicted octanol–water partition coefficient (Wildman–Crippen LogP) is 1.45. The van der Waals surface area contributed by atoms with Crippen LogP contribution in [0.5, 0.6) is 0 Å². The van der Waals surface area contributed by atoms with Crippen LogP contribution in [-0.2, 0) is 4.79 Å². The normalized spacial score (nSPS) is 12.8. The number of aldehydes is 1. The summed E-state index contributed by atoms with van der Waals surface area (Å²) in [6, 6.07) is 0. The van der Waals surface area contributed by atoms with Gasteiger partial charge in [0.05, 0.1) is 0 Å². The number of aliphatic hydroxyl groups is 1. The second-order valence-corrected chi connectivity index (χ2v) is 3.27. The zero-order chi connectivity index (χ0) is 9.94. The third-order valence-electron chi connectivity index (χ3n) is 1.96. The summed E-state index contributed by atoms with van der Waals surface area (Å²) in [5, 5.41) is 12.4. The maximum absolute atomic E-state index is 9.97. The van der Waals surface area contributed by atoms with Gasteiger partial charge in [-0.25, -0.2) is 0 Å². The first-order chi connectivity index (χ1) is 6.31. The molecule has 0 aliphatic rings. The summed E-state index contributed by atoms with van der Waals surface area (Å²) >= 11 is 0. The number of carbonyl (C=O) groups is 1. The van der Waals surface area contributed by atoms with Crippen LogP contribution in [-0.4, -0.2) is 24.2 Å². The number of hydrogen-bond donors (Lipinski definition) is 2. The van der Waals surface area contributed by atoms with E-state index in [-0.39, 0.29) is 6.23 Å². The Kier molecular flexibility index (Phi) is 9.37. The van der Waals surface area contributed by atoms with E-state index >= 15 is 0 Å². The van der Waals surface area contributed by atoms with Crippen molar-refractivity contribution in [3.8, 4) is 0 Å². The molecule has 0 saturated carbocycles. The Morgan fingerprint density at radius 3 is 2.77 bits per heavy atom. The van der Waals surface area contributed by atoms with E-state index in [4.69, 9.17) is 0 Å². The van der Waals surface area contributed by atoms with E-state index in [9.17, 15) is 9.90 Å². The molecule has 0 bridgehead atoms. The van der Waals surface area contributed by atoms with Crippen LogP contribution in [0.2, 0.25) is 0 Å². The molecule has 3 heteroatoms. The largest absolute Gasteiger partial charge is 0.379 e. The first kappa shape index (κ1) is 12.6.